The van der Waals surface area contributed by atoms with Gasteiger partial charge in [-0.15, -0.1) is 0 Å². The Bertz CT molecular complexity index is 857. The van der Waals surface area contributed by atoms with Gasteiger partial charge in [-0.05, 0) is 18.2 Å². The molecule has 2 aromatic rings. The summed E-state index contributed by atoms with van der Waals surface area (Å²) in [6.07, 6.45) is 0. The number of nitrogens with one attached hydrogen (secondary N) is 1. The quantitative estimate of drug-likeness (QED) is 0.412. The fraction of sp³-hybridized carbons (Fsp3) is 0.200. The molecule has 0 bridgehead atoms. The predicted molar refractivity (Wildman–Crippen MR) is 95.9 cm³/mol. The van der Waals surface area contributed by atoms with Crippen molar-refractivity contribution in [1.29, 1.82) is 0 Å². The molecular formula is C15H14ClFN2O4S2. The fourth-order valence-corrected chi connectivity index (χ4v) is 4.34. The summed E-state index contributed by atoms with van der Waals surface area (Å²) in [5, 5.41) is 11.0. The largest absolute Gasteiger partial charge is 0.270 e. The van der Waals surface area contributed by atoms with Gasteiger partial charge < -0.3 is 0 Å². The van der Waals surface area contributed by atoms with E-state index < -0.39 is 20.8 Å². The van der Waals surface area contributed by atoms with Crippen molar-refractivity contribution in [3.05, 3.63) is 69.0 Å². The van der Waals surface area contributed by atoms with E-state index in [1.165, 1.54) is 42.1 Å². The van der Waals surface area contributed by atoms with Crippen LogP contribution in [0, 0.1) is 15.9 Å². The van der Waals surface area contributed by atoms with Crippen LogP contribution in [0.3, 0.4) is 0 Å². The number of thioether (sulfide) groups is 1. The molecule has 10 heteroatoms. The van der Waals surface area contributed by atoms with E-state index in [0.717, 1.165) is 6.07 Å². The van der Waals surface area contributed by atoms with Crippen molar-refractivity contribution >= 4 is 39.1 Å². The molecule has 6 nitrogen and oxygen atoms in total. The molecule has 0 fully saturated rings. The third-order valence-corrected chi connectivity index (χ3v) is 5.98. The molecule has 0 saturated carbocycles. The molecule has 0 unspecified atom stereocenters. The highest BCUT2D eigenvalue weighted by Gasteiger charge is 2.17. The lowest BCUT2D eigenvalue weighted by molar-refractivity contribution is -0.385. The molecule has 134 valence electrons. The van der Waals surface area contributed by atoms with E-state index >= 15 is 0 Å². The molecule has 0 aliphatic heterocycles. The minimum Gasteiger partial charge on any atom is -0.258 e. The molecular weight excluding hydrogens is 391 g/mol. The highest BCUT2D eigenvalue weighted by molar-refractivity contribution is 7.98. The number of non-ortho nitro benzene ring substituents is 1. The molecule has 2 aromatic carbocycles. The summed E-state index contributed by atoms with van der Waals surface area (Å²) < 4.78 is 40.2. The van der Waals surface area contributed by atoms with Crippen molar-refractivity contribution in [2.75, 3.05) is 12.3 Å². The number of rotatable bonds is 8. The maximum Gasteiger partial charge on any atom is 0.270 e. The Kier molecular flexibility index (Phi) is 6.77. The van der Waals surface area contributed by atoms with Gasteiger partial charge in [-0.2, -0.15) is 11.8 Å². The number of nitrogens with zero attached hydrogens (tertiary/aromatic N) is 1. The first kappa shape index (κ1) is 19.6. The van der Waals surface area contributed by atoms with Crippen LogP contribution in [0.1, 0.15) is 5.56 Å². The van der Waals surface area contributed by atoms with E-state index in [0.29, 0.717) is 22.1 Å². The predicted octanol–water partition coefficient (Wildman–Crippen LogP) is 3.60. The molecule has 0 heterocycles. The van der Waals surface area contributed by atoms with Gasteiger partial charge in [0.2, 0.25) is 10.0 Å². The minimum atomic E-state index is -3.85. The fourth-order valence-electron chi connectivity index (χ4n) is 1.94. The first-order chi connectivity index (χ1) is 11.8. The molecule has 0 spiro atoms. The Labute approximate surface area is 153 Å². The molecule has 1 N–H and O–H groups in total. The molecule has 0 amide bonds. The summed E-state index contributed by atoms with van der Waals surface area (Å²) in [5.74, 6) is 0.292. The Morgan fingerprint density at radius 3 is 2.64 bits per heavy atom. The Morgan fingerprint density at radius 1 is 1.24 bits per heavy atom. The lowest BCUT2D eigenvalue weighted by Crippen LogP contribution is -2.26. The first-order valence-electron chi connectivity index (χ1n) is 7.06. The topological polar surface area (TPSA) is 89.3 Å². The number of halogens is 2. The molecule has 0 atom stereocenters. The van der Waals surface area contributed by atoms with Crippen LogP contribution in [-0.2, 0) is 15.8 Å². The summed E-state index contributed by atoms with van der Waals surface area (Å²) in [6.45, 7) is 0.0990. The Morgan fingerprint density at radius 2 is 1.96 bits per heavy atom. The SMILES string of the molecule is O=[N+]([O-])c1cccc(S(=O)(=O)NCCSCc2c(F)cccc2Cl)c1. The average Bonchev–Trinajstić information content (AvgIpc) is 2.57. The summed E-state index contributed by atoms with van der Waals surface area (Å²) in [5.41, 5.74) is 0.0714. The standard InChI is InChI=1S/C15H14ClFN2O4S2/c16-14-5-2-6-15(17)13(14)10-24-8-7-18-25(22,23)12-4-1-3-11(9-12)19(20)21/h1-6,9,18H,7-8,10H2. The number of nitro groups is 1. The number of benzene rings is 2. The van der Waals surface area contributed by atoms with Crippen molar-refractivity contribution in [3.63, 3.8) is 0 Å². The van der Waals surface area contributed by atoms with Crippen LogP contribution >= 0.6 is 23.4 Å². The van der Waals surface area contributed by atoms with E-state index in [1.54, 1.807) is 6.07 Å². The molecule has 25 heavy (non-hydrogen) atoms. The third kappa shape index (κ3) is 5.40. The van der Waals surface area contributed by atoms with Gasteiger partial charge >= 0.3 is 0 Å². The number of hydrogen-bond acceptors (Lipinski definition) is 5. The van der Waals surface area contributed by atoms with Gasteiger partial charge in [0.25, 0.3) is 5.69 Å². The van der Waals surface area contributed by atoms with Gasteiger partial charge in [-0.3, -0.25) is 10.1 Å². The minimum absolute atomic E-state index is 0.0990. The molecule has 0 aromatic heterocycles. The van der Waals surface area contributed by atoms with Gasteiger partial charge in [-0.25, -0.2) is 17.5 Å². The lowest BCUT2D eigenvalue weighted by atomic mass is 10.2. The van der Waals surface area contributed by atoms with Crippen molar-refractivity contribution in [3.8, 4) is 0 Å². The van der Waals surface area contributed by atoms with Crippen molar-refractivity contribution < 1.29 is 17.7 Å². The second kappa shape index (κ2) is 8.61. The van der Waals surface area contributed by atoms with Gasteiger partial charge in [0.05, 0.1) is 9.82 Å². The van der Waals surface area contributed by atoms with Gasteiger partial charge in [-0.1, -0.05) is 23.7 Å². The van der Waals surface area contributed by atoms with Crippen LogP contribution in [0.5, 0.6) is 0 Å². The van der Waals surface area contributed by atoms with E-state index in [2.05, 4.69) is 4.72 Å². The number of nitro benzene ring substituents is 1. The normalized spacial score (nSPS) is 11.4. The average molecular weight is 405 g/mol. The smallest absolute Gasteiger partial charge is 0.258 e. The zero-order valence-corrected chi connectivity index (χ0v) is 15.2. The lowest BCUT2D eigenvalue weighted by Gasteiger charge is -2.08. The monoisotopic (exact) mass is 404 g/mol. The van der Waals surface area contributed by atoms with Crippen molar-refractivity contribution in [2.45, 2.75) is 10.6 Å². The van der Waals surface area contributed by atoms with Crippen LogP contribution in [-0.4, -0.2) is 25.6 Å². The number of hydrogen-bond donors (Lipinski definition) is 1. The van der Waals surface area contributed by atoms with Gasteiger partial charge in [0, 0.05) is 40.8 Å². The third-order valence-electron chi connectivity index (χ3n) is 3.19. The van der Waals surface area contributed by atoms with Crippen LogP contribution in [0.2, 0.25) is 5.02 Å². The highest BCUT2D eigenvalue weighted by atomic mass is 35.5. The summed E-state index contributed by atoms with van der Waals surface area (Å²) >= 11 is 7.23. The summed E-state index contributed by atoms with van der Waals surface area (Å²) in [6, 6.07) is 9.21. The maximum atomic E-state index is 13.6. The van der Waals surface area contributed by atoms with Crippen molar-refractivity contribution in [2.24, 2.45) is 0 Å². The van der Waals surface area contributed by atoms with Crippen LogP contribution in [0.4, 0.5) is 10.1 Å². The second-order valence-corrected chi connectivity index (χ2v) is 8.18. The summed E-state index contributed by atoms with van der Waals surface area (Å²) in [7, 11) is -3.85. The summed E-state index contributed by atoms with van der Waals surface area (Å²) in [4.78, 5) is 9.88. The molecule has 0 aliphatic rings. The van der Waals surface area contributed by atoms with E-state index in [4.69, 9.17) is 11.6 Å². The zero-order valence-electron chi connectivity index (χ0n) is 12.8. The van der Waals surface area contributed by atoms with E-state index in [9.17, 15) is 22.9 Å². The molecule has 0 saturated heterocycles. The molecule has 0 radical (unpaired) electrons. The van der Waals surface area contributed by atoms with Gasteiger partial charge in [0.15, 0.2) is 0 Å². The van der Waals surface area contributed by atoms with Crippen molar-refractivity contribution in [1.82, 2.24) is 4.72 Å². The first-order valence-corrected chi connectivity index (χ1v) is 10.1. The zero-order chi connectivity index (χ0) is 18.4. The van der Waals surface area contributed by atoms with Crippen LogP contribution < -0.4 is 4.72 Å². The molecule has 2 rings (SSSR count). The number of sulfonamides is 1. The Hall–Kier alpha value is -1.68. The Balaban J connectivity index is 1.89. The van der Waals surface area contributed by atoms with E-state index in [-0.39, 0.29) is 17.1 Å². The molecule has 0 aliphatic carbocycles. The maximum absolute atomic E-state index is 13.6. The van der Waals surface area contributed by atoms with Gasteiger partial charge in [0.1, 0.15) is 5.82 Å². The van der Waals surface area contributed by atoms with Crippen LogP contribution in [0.15, 0.2) is 47.4 Å². The van der Waals surface area contributed by atoms with Crippen LogP contribution in [0.25, 0.3) is 0 Å². The highest BCUT2D eigenvalue weighted by Crippen LogP contribution is 2.23. The second-order valence-electron chi connectivity index (χ2n) is 4.91. The van der Waals surface area contributed by atoms with E-state index in [1.807, 2.05) is 0 Å².